The van der Waals surface area contributed by atoms with Gasteiger partial charge in [0.2, 0.25) is 0 Å². The number of hydrogen-bond acceptors (Lipinski definition) is 7. The van der Waals surface area contributed by atoms with Gasteiger partial charge in [-0.25, -0.2) is 12.8 Å². The van der Waals surface area contributed by atoms with Crippen molar-refractivity contribution in [3.05, 3.63) is 89.5 Å². The van der Waals surface area contributed by atoms with Crippen LogP contribution in [-0.4, -0.2) is 79.6 Å². The topological polar surface area (TPSA) is 109 Å². The zero-order valence-electron chi connectivity index (χ0n) is 23.5. The maximum absolute atomic E-state index is 13.2. The van der Waals surface area contributed by atoms with E-state index in [4.69, 9.17) is 4.74 Å². The van der Waals surface area contributed by atoms with Gasteiger partial charge >= 0.3 is 0 Å². The summed E-state index contributed by atoms with van der Waals surface area (Å²) in [7, 11) is -1.96. The van der Waals surface area contributed by atoms with Crippen LogP contribution in [-0.2, 0) is 16.4 Å². The Bertz CT molecular complexity index is 1480. The number of piperidine rings is 2. The van der Waals surface area contributed by atoms with Crippen LogP contribution in [0.5, 0.6) is 5.75 Å². The molecule has 2 aliphatic heterocycles. The van der Waals surface area contributed by atoms with Crippen molar-refractivity contribution >= 4 is 21.7 Å². The molecule has 0 unspecified atom stereocenters. The maximum Gasteiger partial charge on any atom is 0.272 e. The van der Waals surface area contributed by atoms with Gasteiger partial charge in [0.05, 0.1) is 22.8 Å². The number of carbonyl (C=O) groups is 2. The van der Waals surface area contributed by atoms with E-state index >= 15 is 0 Å². The first-order valence-electron chi connectivity index (χ1n) is 14.1. The zero-order valence-corrected chi connectivity index (χ0v) is 24.4. The number of ether oxygens (including phenoxy) is 1. The number of benzene rings is 2. The Hall–Kier alpha value is -3.83. The number of likely N-dealkylation sites (tertiary alicyclic amines) is 2. The normalized spacial score (nSPS) is 17.1. The number of aromatic nitrogens is 1. The van der Waals surface area contributed by atoms with Crippen LogP contribution >= 0.6 is 0 Å². The highest BCUT2D eigenvalue weighted by Crippen LogP contribution is 2.25. The largest absolute Gasteiger partial charge is 0.497 e. The summed E-state index contributed by atoms with van der Waals surface area (Å²) in [6.45, 7) is 3.15. The van der Waals surface area contributed by atoms with Gasteiger partial charge in [0.25, 0.3) is 11.8 Å². The van der Waals surface area contributed by atoms with Gasteiger partial charge in [-0.3, -0.25) is 19.5 Å². The Morgan fingerprint density at radius 2 is 1.60 bits per heavy atom. The third-order valence-electron chi connectivity index (χ3n) is 8.04. The number of rotatable bonds is 8. The predicted octanol–water partition coefficient (Wildman–Crippen LogP) is 3.70. The van der Waals surface area contributed by atoms with Crippen molar-refractivity contribution in [2.24, 2.45) is 0 Å². The summed E-state index contributed by atoms with van der Waals surface area (Å²) < 4.78 is 44.3. The summed E-state index contributed by atoms with van der Waals surface area (Å²) in [6.07, 6.45) is 3.67. The lowest BCUT2D eigenvalue weighted by atomic mass is 10.0. The Labute approximate surface area is 245 Å². The third-order valence-corrected chi connectivity index (χ3v) is 10.3. The van der Waals surface area contributed by atoms with Gasteiger partial charge in [-0.05, 0) is 79.8 Å². The van der Waals surface area contributed by atoms with Gasteiger partial charge in [0.15, 0.2) is 9.84 Å². The number of amides is 2. The number of sulfone groups is 1. The molecule has 2 saturated heterocycles. The molecule has 5 rings (SSSR count). The number of pyridine rings is 1. The van der Waals surface area contributed by atoms with E-state index in [0.717, 1.165) is 50.4 Å². The van der Waals surface area contributed by atoms with Crippen LogP contribution in [0.25, 0.3) is 0 Å². The third kappa shape index (κ3) is 6.96. The molecule has 1 aromatic heterocycles. The second kappa shape index (κ2) is 13.0. The number of halogens is 1. The molecule has 0 aliphatic carbocycles. The first kappa shape index (κ1) is 29.7. The maximum atomic E-state index is 13.2. The molecule has 2 aromatic carbocycles. The molecule has 0 saturated carbocycles. The minimum absolute atomic E-state index is 0.0680. The van der Waals surface area contributed by atoms with E-state index in [0.29, 0.717) is 5.56 Å². The van der Waals surface area contributed by atoms with Crippen LogP contribution < -0.4 is 10.1 Å². The van der Waals surface area contributed by atoms with E-state index in [1.165, 1.54) is 30.0 Å². The quantitative estimate of drug-likeness (QED) is 0.396. The summed E-state index contributed by atoms with van der Waals surface area (Å²) in [5.41, 5.74) is 1.81. The van der Waals surface area contributed by atoms with Crippen molar-refractivity contribution in [3.8, 4) is 5.75 Å². The molecule has 42 heavy (non-hydrogen) atoms. The highest BCUT2D eigenvalue weighted by Gasteiger charge is 2.33. The van der Waals surface area contributed by atoms with E-state index in [-0.39, 0.29) is 54.4 Å². The van der Waals surface area contributed by atoms with Crippen LogP contribution in [0.4, 0.5) is 4.39 Å². The molecule has 0 spiro atoms. The molecule has 3 aromatic rings. The lowest BCUT2D eigenvalue weighted by Crippen LogP contribution is -2.44. The average Bonchev–Trinajstić information content (AvgIpc) is 3.02. The van der Waals surface area contributed by atoms with E-state index in [1.807, 2.05) is 12.1 Å². The molecule has 0 bridgehead atoms. The number of hydrogen-bond donors (Lipinski definition) is 1. The van der Waals surface area contributed by atoms with E-state index in [1.54, 1.807) is 18.1 Å². The molecule has 222 valence electrons. The molecule has 0 radical (unpaired) electrons. The monoisotopic (exact) mass is 594 g/mol. The molecule has 3 heterocycles. The number of carbonyl (C=O) groups excluding carboxylic acids is 2. The Kier molecular flexibility index (Phi) is 9.18. The lowest BCUT2D eigenvalue weighted by Gasteiger charge is -2.32. The second-order valence-corrected chi connectivity index (χ2v) is 13.0. The van der Waals surface area contributed by atoms with Gasteiger partial charge in [0.1, 0.15) is 17.3 Å². The van der Waals surface area contributed by atoms with Crippen LogP contribution in [0.15, 0.2) is 71.8 Å². The molecule has 11 heteroatoms. The van der Waals surface area contributed by atoms with Crippen LogP contribution in [0.1, 0.15) is 52.1 Å². The first-order chi connectivity index (χ1) is 20.2. The summed E-state index contributed by atoms with van der Waals surface area (Å²) in [5, 5.41) is 2.45. The van der Waals surface area contributed by atoms with Gasteiger partial charge in [-0.2, -0.15) is 0 Å². The molecule has 0 atom stereocenters. The van der Waals surface area contributed by atoms with Crippen molar-refractivity contribution in [1.29, 1.82) is 0 Å². The Morgan fingerprint density at radius 1 is 0.929 bits per heavy atom. The van der Waals surface area contributed by atoms with E-state index in [9.17, 15) is 22.4 Å². The summed E-state index contributed by atoms with van der Waals surface area (Å²) in [6, 6.07) is 16.1. The molecule has 9 nitrogen and oxygen atoms in total. The highest BCUT2D eigenvalue weighted by atomic mass is 32.2. The zero-order chi connectivity index (χ0) is 29.7. The number of nitrogens with one attached hydrogen (secondary N) is 1. The summed E-state index contributed by atoms with van der Waals surface area (Å²) in [4.78, 5) is 34.1. The Morgan fingerprint density at radius 3 is 2.19 bits per heavy atom. The lowest BCUT2D eigenvalue weighted by molar-refractivity contribution is 0.0719. The van der Waals surface area contributed by atoms with Crippen LogP contribution in [0, 0.1) is 5.82 Å². The minimum atomic E-state index is -3.61. The van der Waals surface area contributed by atoms with Gasteiger partial charge < -0.3 is 15.0 Å². The SMILES string of the molecule is COc1ccc(CN2CCC(NC(=O)c3ccc(C(=O)N4CCC(S(=O)(=O)c5ccc(F)cc5)CC4)nc3)CC2)cc1. The smallest absolute Gasteiger partial charge is 0.272 e. The van der Waals surface area contributed by atoms with Crippen molar-refractivity contribution in [2.45, 2.75) is 48.4 Å². The molecule has 2 fully saturated rings. The molecular weight excluding hydrogens is 559 g/mol. The average molecular weight is 595 g/mol. The fourth-order valence-electron chi connectivity index (χ4n) is 5.50. The highest BCUT2D eigenvalue weighted by molar-refractivity contribution is 7.92. The van der Waals surface area contributed by atoms with Gasteiger partial charge in [-0.15, -0.1) is 0 Å². The fraction of sp³-hybridized carbons (Fsp3) is 0.387. The molecule has 2 amide bonds. The summed E-state index contributed by atoms with van der Waals surface area (Å²) >= 11 is 0. The van der Waals surface area contributed by atoms with Crippen molar-refractivity contribution in [2.75, 3.05) is 33.3 Å². The van der Waals surface area contributed by atoms with E-state index in [2.05, 4.69) is 27.3 Å². The minimum Gasteiger partial charge on any atom is -0.497 e. The number of nitrogens with zero attached hydrogens (tertiary/aromatic N) is 3. The second-order valence-electron chi connectivity index (χ2n) is 10.8. The standard InChI is InChI=1S/C31H35FN4O5S/c1-41-26-7-2-22(3-8-26)21-35-16-12-25(13-17-35)34-30(37)23-4-11-29(33-20-23)31(38)36-18-14-28(15-19-36)42(39,40)27-9-5-24(32)6-10-27/h2-11,20,25,28H,12-19,21H2,1H3,(H,34,37). The fourth-order valence-corrected chi connectivity index (χ4v) is 7.23. The summed E-state index contributed by atoms with van der Waals surface area (Å²) in [5.74, 6) is -0.178. The molecule has 2 aliphatic rings. The predicted molar refractivity (Wildman–Crippen MR) is 156 cm³/mol. The Balaban J connectivity index is 1.08. The van der Waals surface area contributed by atoms with Crippen LogP contribution in [0.2, 0.25) is 0 Å². The molecular formula is C31H35FN4O5S. The van der Waals surface area contributed by atoms with Crippen molar-refractivity contribution in [3.63, 3.8) is 0 Å². The van der Waals surface area contributed by atoms with E-state index < -0.39 is 20.9 Å². The first-order valence-corrected chi connectivity index (χ1v) is 15.7. The molecule has 1 N–H and O–H groups in total. The number of methoxy groups -OCH3 is 1. The van der Waals surface area contributed by atoms with Gasteiger partial charge in [0, 0.05) is 45.0 Å². The van der Waals surface area contributed by atoms with Crippen molar-refractivity contribution in [1.82, 2.24) is 20.1 Å². The van der Waals surface area contributed by atoms with Gasteiger partial charge in [-0.1, -0.05) is 12.1 Å². The van der Waals surface area contributed by atoms with Crippen molar-refractivity contribution < 1.29 is 27.1 Å². The van der Waals surface area contributed by atoms with Crippen LogP contribution in [0.3, 0.4) is 0 Å².